The van der Waals surface area contributed by atoms with Gasteiger partial charge in [-0.3, -0.25) is 4.79 Å². The molecule has 0 aromatic carbocycles. The molecular weight excluding hydrogens is 252 g/mol. The van der Waals surface area contributed by atoms with Gasteiger partial charge in [-0.25, -0.2) is 8.42 Å². The van der Waals surface area contributed by atoms with Crippen LogP contribution < -0.4 is 5.73 Å². The van der Waals surface area contributed by atoms with Crippen molar-refractivity contribution in [2.45, 2.75) is 45.2 Å². The van der Waals surface area contributed by atoms with Gasteiger partial charge in [0.05, 0.1) is 11.8 Å². The van der Waals surface area contributed by atoms with E-state index in [-0.39, 0.29) is 24.1 Å². The van der Waals surface area contributed by atoms with Crippen molar-refractivity contribution in [3.63, 3.8) is 0 Å². The third kappa shape index (κ3) is 4.24. The minimum Gasteiger partial charge on any atom is -0.338 e. The normalized spacial score (nSPS) is 27.0. The second-order valence-electron chi connectivity index (χ2n) is 5.42. The number of carbonyl (C=O) groups is 1. The lowest BCUT2D eigenvalue weighted by atomic mass is 9.91. The van der Waals surface area contributed by atoms with Gasteiger partial charge in [0, 0.05) is 18.8 Å². The van der Waals surface area contributed by atoms with E-state index >= 15 is 0 Å². The van der Waals surface area contributed by atoms with Gasteiger partial charge < -0.3 is 10.6 Å². The van der Waals surface area contributed by atoms with Crippen LogP contribution in [0.5, 0.6) is 0 Å². The molecule has 0 aromatic rings. The van der Waals surface area contributed by atoms with Crippen molar-refractivity contribution in [1.29, 1.82) is 0 Å². The Labute approximate surface area is 110 Å². The maximum absolute atomic E-state index is 12.2. The number of sulfone groups is 1. The predicted octanol–water partition coefficient (Wildman–Crippen LogP) is 0.395. The molecule has 0 aromatic heterocycles. The highest BCUT2D eigenvalue weighted by Crippen LogP contribution is 2.23. The summed E-state index contributed by atoms with van der Waals surface area (Å²) in [4.78, 5) is 14.0. The first-order valence-electron chi connectivity index (χ1n) is 6.46. The van der Waals surface area contributed by atoms with Crippen LogP contribution in [0.1, 0.15) is 33.1 Å². The van der Waals surface area contributed by atoms with Crippen molar-refractivity contribution in [3.05, 3.63) is 0 Å². The molecular formula is C12H24N2O3S. The molecule has 106 valence electrons. The molecule has 1 aliphatic heterocycles. The molecule has 0 radical (unpaired) electrons. The number of piperidine rings is 1. The largest absolute Gasteiger partial charge is 0.338 e. The zero-order chi connectivity index (χ0) is 13.9. The summed E-state index contributed by atoms with van der Waals surface area (Å²) in [7, 11) is -3.06. The predicted molar refractivity (Wildman–Crippen MR) is 71.9 cm³/mol. The zero-order valence-corrected chi connectivity index (χ0v) is 12.2. The second-order valence-corrected chi connectivity index (χ2v) is 7.68. The molecule has 0 saturated carbocycles. The maximum atomic E-state index is 12.2. The number of carbonyl (C=O) groups excluding carboxylic acids is 1. The molecule has 0 aliphatic carbocycles. The highest BCUT2D eigenvalue weighted by Gasteiger charge is 2.31. The van der Waals surface area contributed by atoms with Gasteiger partial charge in [-0.15, -0.1) is 0 Å². The fourth-order valence-electron chi connectivity index (χ4n) is 2.32. The molecule has 2 N–H and O–H groups in total. The standard InChI is InChI=1S/C12H24N2O3S/c1-9-5-4-7-14(10(9)2)12(15)11(13)6-8-18(3,16)17/h9-11H,4-8,13H2,1-3H3. The number of rotatable bonds is 4. The molecule has 1 rings (SSSR count). The Hall–Kier alpha value is -0.620. The topological polar surface area (TPSA) is 80.5 Å². The number of amides is 1. The SMILES string of the molecule is CC1CCCN(C(=O)C(N)CCS(C)(=O)=O)C1C. The molecule has 0 bridgehead atoms. The van der Waals surface area contributed by atoms with Crippen LogP contribution >= 0.6 is 0 Å². The summed E-state index contributed by atoms with van der Waals surface area (Å²) in [6, 6.07) is -0.511. The van der Waals surface area contributed by atoms with E-state index in [9.17, 15) is 13.2 Å². The summed E-state index contributed by atoms with van der Waals surface area (Å²) in [5.74, 6) is 0.333. The van der Waals surface area contributed by atoms with Crippen molar-refractivity contribution in [2.24, 2.45) is 11.7 Å². The number of likely N-dealkylation sites (tertiary alicyclic amines) is 1. The molecule has 3 atom stereocenters. The maximum Gasteiger partial charge on any atom is 0.239 e. The molecule has 18 heavy (non-hydrogen) atoms. The molecule has 6 heteroatoms. The molecule has 1 saturated heterocycles. The summed E-state index contributed by atoms with van der Waals surface area (Å²) in [6.45, 7) is 4.90. The Morgan fingerprint density at radius 1 is 1.44 bits per heavy atom. The summed E-state index contributed by atoms with van der Waals surface area (Å²) in [5.41, 5.74) is 5.81. The van der Waals surface area contributed by atoms with E-state index in [4.69, 9.17) is 5.73 Å². The number of hydrogen-bond donors (Lipinski definition) is 1. The Balaban J connectivity index is 2.57. The van der Waals surface area contributed by atoms with E-state index in [2.05, 4.69) is 6.92 Å². The summed E-state index contributed by atoms with van der Waals surface area (Å²) in [6.07, 6.45) is 3.49. The Morgan fingerprint density at radius 3 is 2.61 bits per heavy atom. The molecule has 3 unspecified atom stereocenters. The van der Waals surface area contributed by atoms with Crippen molar-refractivity contribution < 1.29 is 13.2 Å². The molecule has 5 nitrogen and oxygen atoms in total. The first-order valence-corrected chi connectivity index (χ1v) is 8.52. The van der Waals surface area contributed by atoms with E-state index in [1.54, 1.807) is 4.90 Å². The van der Waals surface area contributed by atoms with Crippen LogP contribution in [-0.2, 0) is 14.6 Å². The van der Waals surface area contributed by atoms with Crippen LogP contribution in [0.25, 0.3) is 0 Å². The number of hydrogen-bond acceptors (Lipinski definition) is 4. The number of nitrogens with two attached hydrogens (primary N) is 1. The highest BCUT2D eigenvalue weighted by molar-refractivity contribution is 7.90. The van der Waals surface area contributed by atoms with Crippen molar-refractivity contribution in [1.82, 2.24) is 4.90 Å². The second kappa shape index (κ2) is 6.02. The minimum atomic E-state index is -3.06. The third-order valence-corrected chi connectivity index (χ3v) is 4.75. The summed E-state index contributed by atoms with van der Waals surface area (Å²) < 4.78 is 22.1. The third-order valence-electron chi connectivity index (χ3n) is 3.77. The van der Waals surface area contributed by atoms with Gasteiger partial charge >= 0.3 is 0 Å². The lowest BCUT2D eigenvalue weighted by molar-refractivity contribution is -0.137. The highest BCUT2D eigenvalue weighted by atomic mass is 32.2. The first-order chi connectivity index (χ1) is 8.22. The lowest BCUT2D eigenvalue weighted by Crippen LogP contribution is -2.52. The average molecular weight is 276 g/mol. The Morgan fingerprint density at radius 2 is 2.06 bits per heavy atom. The van der Waals surface area contributed by atoms with Gasteiger partial charge in [0.25, 0.3) is 0 Å². The zero-order valence-electron chi connectivity index (χ0n) is 11.4. The quantitative estimate of drug-likeness (QED) is 0.805. The van der Waals surface area contributed by atoms with E-state index in [1.807, 2.05) is 6.92 Å². The van der Waals surface area contributed by atoms with E-state index in [0.29, 0.717) is 5.92 Å². The molecule has 1 amide bonds. The molecule has 1 fully saturated rings. The fourth-order valence-corrected chi connectivity index (χ4v) is 3.01. The van der Waals surface area contributed by atoms with Crippen LogP contribution in [0.3, 0.4) is 0 Å². The van der Waals surface area contributed by atoms with Crippen LogP contribution in [-0.4, -0.2) is 49.9 Å². The Kier molecular flexibility index (Phi) is 5.16. The van der Waals surface area contributed by atoms with Gasteiger partial charge in [0.2, 0.25) is 5.91 Å². The van der Waals surface area contributed by atoms with Gasteiger partial charge in [0.15, 0.2) is 0 Å². The number of nitrogens with zero attached hydrogens (tertiary/aromatic N) is 1. The van der Waals surface area contributed by atoms with Crippen LogP contribution in [0.15, 0.2) is 0 Å². The van der Waals surface area contributed by atoms with E-state index in [0.717, 1.165) is 25.6 Å². The molecule has 1 heterocycles. The Bertz CT molecular complexity index is 394. The average Bonchev–Trinajstić information content (AvgIpc) is 2.28. The lowest BCUT2D eigenvalue weighted by Gasteiger charge is -2.39. The molecule has 1 aliphatic rings. The summed E-state index contributed by atoms with van der Waals surface area (Å²) >= 11 is 0. The van der Waals surface area contributed by atoms with Crippen LogP contribution in [0, 0.1) is 5.92 Å². The van der Waals surface area contributed by atoms with Crippen LogP contribution in [0.4, 0.5) is 0 Å². The fraction of sp³-hybridized carbons (Fsp3) is 0.917. The monoisotopic (exact) mass is 276 g/mol. The molecule has 0 spiro atoms. The van der Waals surface area contributed by atoms with Gasteiger partial charge in [0.1, 0.15) is 9.84 Å². The first kappa shape index (κ1) is 15.4. The van der Waals surface area contributed by atoms with E-state index in [1.165, 1.54) is 0 Å². The van der Waals surface area contributed by atoms with E-state index < -0.39 is 15.9 Å². The smallest absolute Gasteiger partial charge is 0.239 e. The summed E-state index contributed by atoms with van der Waals surface area (Å²) in [5, 5.41) is 0. The van der Waals surface area contributed by atoms with Gasteiger partial charge in [-0.1, -0.05) is 6.92 Å². The van der Waals surface area contributed by atoms with Crippen molar-refractivity contribution >= 4 is 15.7 Å². The van der Waals surface area contributed by atoms with Gasteiger partial charge in [-0.2, -0.15) is 0 Å². The van der Waals surface area contributed by atoms with Gasteiger partial charge in [-0.05, 0) is 32.1 Å². The van der Waals surface area contributed by atoms with Crippen molar-refractivity contribution in [2.75, 3.05) is 18.6 Å². The minimum absolute atomic E-state index is 0.0301. The van der Waals surface area contributed by atoms with Crippen molar-refractivity contribution in [3.8, 4) is 0 Å². The van der Waals surface area contributed by atoms with Crippen LogP contribution in [0.2, 0.25) is 0 Å².